The predicted molar refractivity (Wildman–Crippen MR) is 110 cm³/mol. The molecule has 3 heterocycles. The van der Waals surface area contributed by atoms with E-state index in [0.717, 1.165) is 5.56 Å². The summed E-state index contributed by atoms with van der Waals surface area (Å²) in [7, 11) is 1.77. The molecule has 30 heavy (non-hydrogen) atoms. The van der Waals surface area contributed by atoms with Crippen LogP contribution in [0.15, 0.2) is 60.9 Å². The third-order valence-electron chi connectivity index (χ3n) is 5.45. The number of benzene rings is 2. The van der Waals surface area contributed by atoms with E-state index in [1.807, 2.05) is 24.3 Å². The lowest BCUT2D eigenvalue weighted by atomic mass is 10.0. The van der Waals surface area contributed by atoms with Gasteiger partial charge in [-0.3, -0.25) is 24.0 Å². The van der Waals surface area contributed by atoms with Crippen LogP contribution in [-0.2, 0) is 11.8 Å². The van der Waals surface area contributed by atoms with Crippen LogP contribution in [0.1, 0.15) is 38.9 Å². The van der Waals surface area contributed by atoms with E-state index in [4.69, 9.17) is 0 Å². The number of para-hydroxylation sites is 1. The molecule has 3 amide bonds. The highest BCUT2D eigenvalue weighted by Gasteiger charge is 2.47. The average molecular weight is 401 g/mol. The molecule has 8 heteroatoms. The van der Waals surface area contributed by atoms with Crippen LogP contribution in [0.25, 0.3) is 0 Å². The second kappa shape index (κ2) is 6.84. The molecule has 0 radical (unpaired) electrons. The van der Waals surface area contributed by atoms with Gasteiger partial charge in [-0.15, -0.1) is 0 Å². The van der Waals surface area contributed by atoms with Crippen LogP contribution in [0, 0.1) is 0 Å². The molecule has 8 nitrogen and oxygen atoms in total. The summed E-state index contributed by atoms with van der Waals surface area (Å²) in [5.74, 6) is -0.551. The van der Waals surface area contributed by atoms with Gasteiger partial charge >= 0.3 is 0 Å². The van der Waals surface area contributed by atoms with Crippen LogP contribution < -0.4 is 10.2 Å². The molecule has 3 aromatic rings. The van der Waals surface area contributed by atoms with E-state index < -0.39 is 6.17 Å². The first-order valence-corrected chi connectivity index (χ1v) is 9.65. The zero-order chi connectivity index (χ0) is 20.8. The second-order valence-electron chi connectivity index (χ2n) is 7.35. The van der Waals surface area contributed by atoms with Gasteiger partial charge in [0.15, 0.2) is 0 Å². The van der Waals surface area contributed by atoms with Gasteiger partial charge in [-0.1, -0.05) is 30.3 Å². The molecular formula is C22H19N5O3. The zero-order valence-corrected chi connectivity index (χ0v) is 16.3. The molecule has 2 aliphatic rings. The highest BCUT2D eigenvalue weighted by atomic mass is 16.2. The third-order valence-corrected chi connectivity index (χ3v) is 5.45. The number of nitrogens with zero attached hydrogens (tertiary/aromatic N) is 4. The maximum Gasteiger partial charge on any atom is 0.260 e. The van der Waals surface area contributed by atoms with Crippen molar-refractivity contribution < 1.29 is 14.4 Å². The van der Waals surface area contributed by atoms with Gasteiger partial charge in [0.1, 0.15) is 6.17 Å². The van der Waals surface area contributed by atoms with E-state index in [0.29, 0.717) is 22.5 Å². The molecule has 2 aromatic carbocycles. The smallest absolute Gasteiger partial charge is 0.260 e. The minimum Gasteiger partial charge on any atom is -0.323 e. The summed E-state index contributed by atoms with van der Waals surface area (Å²) in [4.78, 5) is 42.1. The Bertz CT molecular complexity index is 1180. The Morgan fingerprint density at radius 2 is 1.77 bits per heavy atom. The maximum atomic E-state index is 13.3. The van der Waals surface area contributed by atoms with Crippen molar-refractivity contribution in [1.82, 2.24) is 14.7 Å². The van der Waals surface area contributed by atoms with Crippen LogP contribution in [0.2, 0.25) is 0 Å². The van der Waals surface area contributed by atoms with Crippen LogP contribution in [-0.4, -0.2) is 38.9 Å². The molecule has 1 unspecified atom stereocenters. The highest BCUT2D eigenvalue weighted by molar-refractivity contribution is 6.16. The van der Waals surface area contributed by atoms with Gasteiger partial charge in [0.25, 0.3) is 11.8 Å². The summed E-state index contributed by atoms with van der Waals surface area (Å²) < 4.78 is 1.60. The lowest BCUT2D eigenvalue weighted by molar-refractivity contribution is -0.116. The first-order valence-electron chi connectivity index (χ1n) is 9.65. The van der Waals surface area contributed by atoms with Gasteiger partial charge in [-0.2, -0.15) is 5.10 Å². The lowest BCUT2D eigenvalue weighted by Crippen LogP contribution is -2.48. The number of rotatable bonds is 4. The minimum absolute atomic E-state index is 0.101. The van der Waals surface area contributed by atoms with Crippen molar-refractivity contribution in [1.29, 1.82) is 0 Å². The van der Waals surface area contributed by atoms with Crippen molar-refractivity contribution in [3.05, 3.63) is 77.6 Å². The molecule has 0 spiro atoms. The molecule has 150 valence electrons. The fourth-order valence-electron chi connectivity index (χ4n) is 4.13. The molecule has 0 saturated heterocycles. The fourth-order valence-corrected chi connectivity index (χ4v) is 4.13. The minimum atomic E-state index is -0.553. The van der Waals surface area contributed by atoms with E-state index in [-0.39, 0.29) is 30.7 Å². The van der Waals surface area contributed by atoms with E-state index in [1.165, 1.54) is 0 Å². The highest BCUT2D eigenvalue weighted by Crippen LogP contribution is 2.45. The Hall–Kier alpha value is -3.94. The van der Waals surface area contributed by atoms with Crippen LogP contribution >= 0.6 is 0 Å². The SMILES string of the molecule is Cn1cc(NC(=O)CCN2C(=O)c3ccccc3N3C(=O)c4ccccc4C23)cn1. The van der Waals surface area contributed by atoms with Crippen molar-refractivity contribution >= 4 is 29.1 Å². The predicted octanol–water partition coefficient (Wildman–Crippen LogP) is 2.56. The van der Waals surface area contributed by atoms with Crippen LogP contribution in [0.4, 0.5) is 11.4 Å². The standard InChI is InChI=1S/C22H19N5O3/c1-25-13-14(12-23-25)24-19(28)10-11-26-20-15-6-2-3-7-16(15)22(30)27(20)18-9-5-4-8-17(18)21(26)29/h2-9,12-13,20H,10-11H2,1H3,(H,24,28). The Balaban J connectivity index is 1.46. The first-order chi connectivity index (χ1) is 14.5. The summed E-state index contributed by atoms with van der Waals surface area (Å²) in [6.07, 6.45) is 2.81. The number of aryl methyl sites for hydroxylation is 1. The largest absolute Gasteiger partial charge is 0.323 e. The Morgan fingerprint density at radius 1 is 1.03 bits per heavy atom. The molecule has 1 atom stereocenters. The van der Waals surface area contributed by atoms with Crippen LogP contribution in [0.5, 0.6) is 0 Å². The number of anilines is 2. The summed E-state index contributed by atoms with van der Waals surface area (Å²) in [6.45, 7) is 0.183. The third kappa shape index (κ3) is 2.76. The van der Waals surface area contributed by atoms with Gasteiger partial charge in [-0.05, 0) is 18.2 Å². The first kappa shape index (κ1) is 18.1. The van der Waals surface area contributed by atoms with Crippen molar-refractivity contribution in [3.8, 4) is 0 Å². The van der Waals surface area contributed by atoms with Gasteiger partial charge in [-0.25, -0.2) is 0 Å². The van der Waals surface area contributed by atoms with Gasteiger partial charge in [0.2, 0.25) is 5.91 Å². The molecule has 1 N–H and O–H groups in total. The summed E-state index contributed by atoms with van der Waals surface area (Å²) in [5, 5.41) is 6.81. The quantitative estimate of drug-likeness (QED) is 0.728. The number of hydrogen-bond donors (Lipinski definition) is 1. The topological polar surface area (TPSA) is 87.5 Å². The van der Waals surface area contributed by atoms with E-state index in [2.05, 4.69) is 10.4 Å². The Labute approximate surface area is 172 Å². The lowest BCUT2D eigenvalue weighted by Gasteiger charge is -2.40. The number of carbonyl (C=O) groups excluding carboxylic acids is 3. The number of fused-ring (bicyclic) bond motifs is 5. The number of hydrogen-bond acceptors (Lipinski definition) is 4. The Kier molecular flexibility index (Phi) is 4.13. The van der Waals surface area contributed by atoms with Gasteiger partial charge < -0.3 is 10.2 Å². The summed E-state index contributed by atoms with van der Waals surface area (Å²) in [6, 6.07) is 14.4. The van der Waals surface area contributed by atoms with E-state index in [9.17, 15) is 14.4 Å². The summed E-state index contributed by atoms with van der Waals surface area (Å²) >= 11 is 0. The van der Waals surface area contributed by atoms with Crippen molar-refractivity contribution in [2.75, 3.05) is 16.8 Å². The normalized spacial score (nSPS) is 16.9. The second-order valence-corrected chi connectivity index (χ2v) is 7.35. The molecular weight excluding hydrogens is 382 g/mol. The average Bonchev–Trinajstić information content (AvgIpc) is 3.29. The molecule has 2 aliphatic heterocycles. The summed E-state index contributed by atoms with van der Waals surface area (Å²) in [5.41, 5.74) is 3.02. The number of amides is 3. The molecule has 0 fully saturated rings. The number of aromatic nitrogens is 2. The van der Waals surface area contributed by atoms with Gasteiger partial charge in [0, 0.05) is 37.3 Å². The van der Waals surface area contributed by atoms with Crippen molar-refractivity contribution in [2.24, 2.45) is 7.05 Å². The number of nitrogens with one attached hydrogen (secondary N) is 1. The Morgan fingerprint density at radius 3 is 2.53 bits per heavy atom. The maximum absolute atomic E-state index is 13.3. The van der Waals surface area contributed by atoms with Crippen LogP contribution in [0.3, 0.4) is 0 Å². The zero-order valence-electron chi connectivity index (χ0n) is 16.3. The van der Waals surface area contributed by atoms with E-state index >= 15 is 0 Å². The van der Waals surface area contributed by atoms with E-state index in [1.54, 1.807) is 58.2 Å². The molecule has 1 aromatic heterocycles. The fraction of sp³-hybridized carbons (Fsp3) is 0.182. The molecule has 5 rings (SSSR count). The van der Waals surface area contributed by atoms with Gasteiger partial charge in [0.05, 0.1) is 23.1 Å². The number of carbonyl (C=O) groups is 3. The molecule has 0 saturated carbocycles. The van der Waals surface area contributed by atoms with Crippen molar-refractivity contribution in [3.63, 3.8) is 0 Å². The monoisotopic (exact) mass is 401 g/mol. The van der Waals surface area contributed by atoms with Crippen molar-refractivity contribution in [2.45, 2.75) is 12.6 Å². The molecule has 0 aliphatic carbocycles. The molecule has 0 bridgehead atoms.